The lowest BCUT2D eigenvalue weighted by atomic mass is 10.1. The Balaban J connectivity index is 1.73. The first kappa shape index (κ1) is 16.3. The summed E-state index contributed by atoms with van der Waals surface area (Å²) in [6, 6.07) is 14.6. The average Bonchev–Trinajstić information content (AvgIpc) is 3.09. The van der Waals surface area contributed by atoms with Gasteiger partial charge in [-0.25, -0.2) is 4.39 Å². The van der Waals surface area contributed by atoms with E-state index in [1.165, 1.54) is 48.6 Å². The molecule has 0 N–H and O–H groups in total. The van der Waals surface area contributed by atoms with Gasteiger partial charge >= 0.3 is 0 Å². The Morgan fingerprint density at radius 3 is 2.32 bits per heavy atom. The summed E-state index contributed by atoms with van der Waals surface area (Å²) in [6.45, 7) is 0. The van der Waals surface area contributed by atoms with Gasteiger partial charge in [0.15, 0.2) is 5.78 Å². The van der Waals surface area contributed by atoms with E-state index in [2.05, 4.69) is 0 Å². The molecule has 0 bridgehead atoms. The molecule has 0 radical (unpaired) electrons. The number of rotatable bonds is 5. The van der Waals surface area contributed by atoms with Gasteiger partial charge in [0.2, 0.25) is 0 Å². The van der Waals surface area contributed by atoms with E-state index in [0.717, 1.165) is 0 Å². The summed E-state index contributed by atoms with van der Waals surface area (Å²) in [7, 11) is 0. The predicted molar refractivity (Wildman–Crippen MR) is 90.6 cm³/mol. The van der Waals surface area contributed by atoms with Crippen LogP contribution in [0.3, 0.4) is 0 Å². The van der Waals surface area contributed by atoms with Crippen LogP contribution in [-0.2, 0) is 0 Å². The maximum absolute atomic E-state index is 12.9. The molecule has 0 saturated heterocycles. The van der Waals surface area contributed by atoms with Crippen molar-refractivity contribution in [2.75, 3.05) is 0 Å². The fourth-order valence-electron chi connectivity index (χ4n) is 2.21. The molecule has 1 heterocycles. The lowest BCUT2D eigenvalue weighted by Crippen LogP contribution is -1.93. The van der Waals surface area contributed by atoms with Gasteiger partial charge in [0.05, 0.1) is 4.92 Å². The van der Waals surface area contributed by atoms with Crippen LogP contribution in [0.1, 0.15) is 16.1 Å². The Morgan fingerprint density at radius 1 is 1.00 bits per heavy atom. The monoisotopic (exact) mass is 337 g/mol. The second kappa shape index (κ2) is 6.92. The largest absolute Gasteiger partial charge is 0.457 e. The molecule has 1 aromatic heterocycles. The molecule has 3 rings (SSSR count). The fourth-order valence-corrected chi connectivity index (χ4v) is 2.21. The van der Waals surface area contributed by atoms with E-state index < -0.39 is 10.7 Å². The molecule has 0 fully saturated rings. The van der Waals surface area contributed by atoms with E-state index in [4.69, 9.17) is 4.42 Å². The summed E-state index contributed by atoms with van der Waals surface area (Å²) in [5.74, 6) is 0.320. The van der Waals surface area contributed by atoms with Gasteiger partial charge in [-0.3, -0.25) is 14.9 Å². The topological polar surface area (TPSA) is 73.3 Å². The second-order valence-electron chi connectivity index (χ2n) is 5.21. The van der Waals surface area contributed by atoms with E-state index >= 15 is 0 Å². The summed E-state index contributed by atoms with van der Waals surface area (Å²) in [4.78, 5) is 22.2. The number of ketones is 1. The molecule has 5 nitrogen and oxygen atoms in total. The summed E-state index contributed by atoms with van der Waals surface area (Å²) in [5, 5.41) is 10.7. The van der Waals surface area contributed by atoms with Gasteiger partial charge in [-0.2, -0.15) is 0 Å². The molecule has 2 aromatic carbocycles. The second-order valence-corrected chi connectivity index (χ2v) is 5.21. The van der Waals surface area contributed by atoms with Crippen molar-refractivity contribution >= 4 is 17.5 Å². The molecule has 0 aliphatic heterocycles. The fraction of sp³-hybridized carbons (Fsp3) is 0. The van der Waals surface area contributed by atoms with Gasteiger partial charge in [-0.1, -0.05) is 0 Å². The molecule has 0 amide bonds. The Hall–Kier alpha value is -3.54. The van der Waals surface area contributed by atoms with Crippen molar-refractivity contribution in [3.63, 3.8) is 0 Å². The first-order chi connectivity index (χ1) is 12.0. The van der Waals surface area contributed by atoms with Crippen LogP contribution in [0.15, 0.2) is 71.2 Å². The third-order valence-electron chi connectivity index (χ3n) is 3.52. The summed E-state index contributed by atoms with van der Waals surface area (Å²) in [6.07, 6.45) is 2.85. The minimum atomic E-state index is -0.471. The Labute approximate surface area is 142 Å². The van der Waals surface area contributed by atoms with Crippen molar-refractivity contribution in [2.24, 2.45) is 0 Å². The molecular weight excluding hydrogens is 325 g/mol. The van der Waals surface area contributed by atoms with Crippen LogP contribution in [0, 0.1) is 15.9 Å². The maximum atomic E-state index is 12.9. The van der Waals surface area contributed by atoms with E-state index in [0.29, 0.717) is 22.6 Å². The van der Waals surface area contributed by atoms with E-state index in [1.807, 2.05) is 0 Å². The number of carbonyl (C=O) groups is 1. The van der Waals surface area contributed by atoms with Crippen molar-refractivity contribution in [3.8, 4) is 11.3 Å². The van der Waals surface area contributed by atoms with Crippen LogP contribution < -0.4 is 0 Å². The third kappa shape index (κ3) is 3.87. The highest BCUT2D eigenvalue weighted by atomic mass is 19.1. The first-order valence-corrected chi connectivity index (χ1v) is 7.35. The standard InChI is InChI=1S/C19H12FNO4/c20-15-5-1-13(2-6-15)18(22)11-9-17-10-12-19(25-17)14-3-7-16(8-4-14)21(23)24/h1-12H/b11-9-. The van der Waals surface area contributed by atoms with E-state index in [-0.39, 0.29) is 11.5 Å². The number of allylic oxidation sites excluding steroid dienone is 1. The van der Waals surface area contributed by atoms with Gasteiger partial charge in [0.1, 0.15) is 17.3 Å². The van der Waals surface area contributed by atoms with Crippen molar-refractivity contribution in [1.82, 2.24) is 0 Å². The first-order valence-electron chi connectivity index (χ1n) is 7.35. The van der Waals surface area contributed by atoms with E-state index in [1.54, 1.807) is 24.3 Å². The molecule has 124 valence electrons. The number of furan rings is 1. The number of benzene rings is 2. The number of nitrogens with zero attached hydrogens (tertiary/aromatic N) is 1. The summed E-state index contributed by atoms with van der Waals surface area (Å²) < 4.78 is 18.5. The lowest BCUT2D eigenvalue weighted by Gasteiger charge is -1.96. The highest BCUT2D eigenvalue weighted by Gasteiger charge is 2.08. The molecule has 25 heavy (non-hydrogen) atoms. The van der Waals surface area contributed by atoms with Crippen molar-refractivity contribution in [2.45, 2.75) is 0 Å². The number of halogens is 1. The van der Waals surface area contributed by atoms with Gasteiger partial charge in [-0.15, -0.1) is 0 Å². The van der Waals surface area contributed by atoms with Crippen molar-refractivity contribution in [1.29, 1.82) is 0 Å². The highest BCUT2D eigenvalue weighted by molar-refractivity contribution is 6.06. The Kier molecular flexibility index (Phi) is 4.52. The minimum Gasteiger partial charge on any atom is -0.457 e. The number of carbonyl (C=O) groups excluding carboxylic acids is 1. The molecule has 0 saturated carbocycles. The van der Waals surface area contributed by atoms with Crippen LogP contribution in [0.5, 0.6) is 0 Å². The highest BCUT2D eigenvalue weighted by Crippen LogP contribution is 2.25. The van der Waals surface area contributed by atoms with Gasteiger partial charge in [0, 0.05) is 23.3 Å². The van der Waals surface area contributed by atoms with Crippen molar-refractivity contribution < 1.29 is 18.5 Å². The maximum Gasteiger partial charge on any atom is 0.269 e. The summed E-state index contributed by atoms with van der Waals surface area (Å²) in [5.41, 5.74) is 1.07. The van der Waals surface area contributed by atoms with Crippen molar-refractivity contribution in [3.05, 3.63) is 94.0 Å². The quantitative estimate of drug-likeness (QED) is 0.287. The Bertz CT molecular complexity index is 940. The van der Waals surface area contributed by atoms with Gasteiger partial charge in [-0.05, 0) is 60.7 Å². The molecule has 0 unspecified atom stereocenters. The van der Waals surface area contributed by atoms with Crippen LogP contribution in [0.2, 0.25) is 0 Å². The van der Waals surface area contributed by atoms with Crippen LogP contribution >= 0.6 is 0 Å². The number of hydrogen-bond donors (Lipinski definition) is 0. The zero-order chi connectivity index (χ0) is 17.8. The zero-order valence-electron chi connectivity index (χ0n) is 12.9. The van der Waals surface area contributed by atoms with Crippen LogP contribution in [0.4, 0.5) is 10.1 Å². The molecular formula is C19H12FNO4. The molecule has 0 atom stereocenters. The van der Waals surface area contributed by atoms with E-state index in [9.17, 15) is 19.3 Å². The smallest absolute Gasteiger partial charge is 0.269 e. The number of non-ortho nitro benzene ring substituents is 1. The number of nitro groups is 1. The molecule has 0 aliphatic rings. The lowest BCUT2D eigenvalue weighted by molar-refractivity contribution is -0.384. The predicted octanol–water partition coefficient (Wildman–Crippen LogP) is 4.89. The van der Waals surface area contributed by atoms with Crippen LogP contribution in [0.25, 0.3) is 17.4 Å². The van der Waals surface area contributed by atoms with Gasteiger partial charge in [0.25, 0.3) is 5.69 Å². The zero-order valence-corrected chi connectivity index (χ0v) is 12.9. The average molecular weight is 337 g/mol. The summed E-state index contributed by atoms with van der Waals surface area (Å²) >= 11 is 0. The molecule has 0 spiro atoms. The Morgan fingerprint density at radius 2 is 1.68 bits per heavy atom. The number of hydrogen-bond acceptors (Lipinski definition) is 4. The van der Waals surface area contributed by atoms with Crippen LogP contribution in [-0.4, -0.2) is 10.7 Å². The third-order valence-corrected chi connectivity index (χ3v) is 3.52. The van der Waals surface area contributed by atoms with Gasteiger partial charge < -0.3 is 4.42 Å². The normalized spacial score (nSPS) is 10.9. The molecule has 0 aliphatic carbocycles. The molecule has 3 aromatic rings. The SMILES string of the molecule is O=C(/C=C\c1ccc(-c2ccc([N+](=O)[O-])cc2)o1)c1ccc(F)cc1. The molecule has 6 heteroatoms. The number of nitro benzene ring substituents is 1. The minimum absolute atomic E-state index is 0.000296.